The first-order chi connectivity index (χ1) is 17.5. The second kappa shape index (κ2) is 10.5. The second-order valence-electron chi connectivity index (χ2n) is 9.51. The van der Waals surface area contributed by atoms with E-state index >= 15 is 0 Å². The Morgan fingerprint density at radius 3 is 2.47 bits per heavy atom. The molecule has 0 N–H and O–H groups in total. The molecule has 1 unspecified atom stereocenters. The summed E-state index contributed by atoms with van der Waals surface area (Å²) in [4.78, 5) is 36.2. The van der Waals surface area contributed by atoms with Gasteiger partial charge in [-0.1, -0.05) is 54.6 Å². The van der Waals surface area contributed by atoms with Crippen LogP contribution < -0.4 is 4.90 Å². The third-order valence-electron chi connectivity index (χ3n) is 6.99. The first-order valence-electron chi connectivity index (χ1n) is 12.4. The smallest absolute Gasteiger partial charge is 0.238 e. The minimum absolute atomic E-state index is 0.147. The Bertz CT molecular complexity index is 1300. The normalized spacial score (nSPS) is 19.7. The third-order valence-corrected chi connectivity index (χ3v) is 6.99. The number of hydrogen-bond donors (Lipinski definition) is 0. The van der Waals surface area contributed by atoms with Gasteiger partial charge >= 0.3 is 0 Å². The highest BCUT2D eigenvalue weighted by Crippen LogP contribution is 2.31. The Hall–Kier alpha value is -3.77. The minimum atomic E-state index is -0.851. The number of morpholine rings is 1. The van der Waals surface area contributed by atoms with E-state index in [1.807, 2.05) is 86.7 Å². The van der Waals surface area contributed by atoms with Crippen LogP contribution in [0, 0.1) is 13.8 Å². The van der Waals surface area contributed by atoms with Crippen molar-refractivity contribution in [1.82, 2.24) is 9.88 Å². The molecule has 3 aromatic rings. The SMILES string of the molecule is Cc1ccc(C2C(=O)C(=Cc3cccc(N4CCOCC4)n3)CN(Cc3ccccc3)C2=O)cc1C. The summed E-state index contributed by atoms with van der Waals surface area (Å²) in [5.41, 5.74) is 5.29. The van der Waals surface area contributed by atoms with Crippen molar-refractivity contribution < 1.29 is 14.3 Å². The molecule has 1 atom stereocenters. The quantitative estimate of drug-likeness (QED) is 0.401. The van der Waals surface area contributed by atoms with E-state index < -0.39 is 5.92 Å². The van der Waals surface area contributed by atoms with Gasteiger partial charge < -0.3 is 14.5 Å². The summed E-state index contributed by atoms with van der Waals surface area (Å²) in [6, 6.07) is 21.6. The summed E-state index contributed by atoms with van der Waals surface area (Å²) in [7, 11) is 0. The molecular formula is C30H31N3O3. The zero-order chi connectivity index (χ0) is 25.1. The van der Waals surface area contributed by atoms with Crippen LogP contribution in [0.5, 0.6) is 0 Å². The maximum atomic E-state index is 13.8. The lowest BCUT2D eigenvalue weighted by Crippen LogP contribution is -2.45. The van der Waals surface area contributed by atoms with Crippen molar-refractivity contribution in [1.29, 1.82) is 0 Å². The molecule has 0 saturated carbocycles. The van der Waals surface area contributed by atoms with Crippen LogP contribution in [-0.2, 0) is 20.9 Å². The number of ketones is 1. The molecule has 1 aromatic heterocycles. The summed E-state index contributed by atoms with van der Waals surface area (Å²) in [5, 5.41) is 0. The fourth-order valence-electron chi connectivity index (χ4n) is 4.80. The molecule has 5 rings (SSSR count). The molecule has 2 saturated heterocycles. The number of likely N-dealkylation sites (tertiary alicyclic amines) is 1. The lowest BCUT2D eigenvalue weighted by Gasteiger charge is -2.33. The fraction of sp³-hybridized carbons (Fsp3) is 0.300. The van der Waals surface area contributed by atoms with Crippen molar-refractivity contribution in [3.8, 4) is 0 Å². The number of nitrogens with zero attached hydrogens (tertiary/aromatic N) is 3. The number of aryl methyl sites for hydroxylation is 2. The minimum Gasteiger partial charge on any atom is -0.378 e. The molecule has 2 aromatic carbocycles. The Kier molecular flexibility index (Phi) is 6.96. The van der Waals surface area contributed by atoms with Crippen molar-refractivity contribution in [3.05, 3.63) is 100 Å². The van der Waals surface area contributed by atoms with Crippen molar-refractivity contribution in [2.45, 2.75) is 26.3 Å². The van der Waals surface area contributed by atoms with Gasteiger partial charge in [-0.05, 0) is 54.3 Å². The molecule has 2 aliphatic heterocycles. The van der Waals surface area contributed by atoms with Gasteiger partial charge in [-0.15, -0.1) is 0 Å². The van der Waals surface area contributed by atoms with Gasteiger partial charge in [-0.3, -0.25) is 9.59 Å². The van der Waals surface area contributed by atoms with Crippen molar-refractivity contribution in [2.24, 2.45) is 0 Å². The number of anilines is 1. The van der Waals surface area contributed by atoms with Gasteiger partial charge in [-0.2, -0.15) is 0 Å². The van der Waals surface area contributed by atoms with E-state index in [9.17, 15) is 9.59 Å². The van der Waals surface area contributed by atoms with E-state index in [1.54, 1.807) is 4.90 Å². The zero-order valence-corrected chi connectivity index (χ0v) is 20.8. The van der Waals surface area contributed by atoms with Crippen molar-refractivity contribution in [2.75, 3.05) is 37.7 Å². The van der Waals surface area contributed by atoms with Crippen LogP contribution in [0.3, 0.4) is 0 Å². The molecule has 6 heteroatoms. The molecule has 184 valence electrons. The maximum absolute atomic E-state index is 13.8. The highest BCUT2D eigenvalue weighted by Gasteiger charge is 2.39. The van der Waals surface area contributed by atoms with Gasteiger partial charge in [0.05, 0.1) is 18.9 Å². The van der Waals surface area contributed by atoms with Gasteiger partial charge in [0.1, 0.15) is 11.7 Å². The Morgan fingerprint density at radius 1 is 0.944 bits per heavy atom. The predicted molar refractivity (Wildman–Crippen MR) is 141 cm³/mol. The monoisotopic (exact) mass is 481 g/mol. The van der Waals surface area contributed by atoms with Crippen molar-refractivity contribution >= 4 is 23.6 Å². The number of aromatic nitrogens is 1. The van der Waals surface area contributed by atoms with Gasteiger partial charge in [0.25, 0.3) is 0 Å². The number of Topliss-reactive ketones (excluding diaryl/α,β-unsaturated/α-hetero) is 1. The van der Waals surface area contributed by atoms with Crippen LogP contribution >= 0.6 is 0 Å². The summed E-state index contributed by atoms with van der Waals surface area (Å²) >= 11 is 0. The molecule has 0 bridgehead atoms. The van der Waals surface area contributed by atoms with E-state index in [2.05, 4.69) is 4.90 Å². The summed E-state index contributed by atoms with van der Waals surface area (Å²) in [5.74, 6) is -0.278. The zero-order valence-electron chi connectivity index (χ0n) is 20.8. The number of ether oxygens (including phenoxy) is 1. The van der Waals surface area contributed by atoms with E-state index in [1.165, 1.54) is 0 Å². The van der Waals surface area contributed by atoms with E-state index in [0.717, 1.165) is 46.9 Å². The molecule has 2 fully saturated rings. The molecule has 0 spiro atoms. The molecule has 6 nitrogen and oxygen atoms in total. The Balaban J connectivity index is 1.50. The molecule has 2 aliphatic rings. The molecular weight excluding hydrogens is 450 g/mol. The molecule has 0 radical (unpaired) electrons. The molecule has 0 aliphatic carbocycles. The number of carbonyl (C=O) groups is 2. The molecule has 3 heterocycles. The first-order valence-corrected chi connectivity index (χ1v) is 12.4. The van der Waals surface area contributed by atoms with Gasteiger partial charge in [0.15, 0.2) is 5.78 Å². The van der Waals surface area contributed by atoms with Crippen LogP contribution in [0.1, 0.15) is 33.9 Å². The predicted octanol–water partition coefficient (Wildman–Crippen LogP) is 4.31. The van der Waals surface area contributed by atoms with E-state index in [4.69, 9.17) is 9.72 Å². The van der Waals surface area contributed by atoms with Crippen LogP contribution in [0.2, 0.25) is 0 Å². The first kappa shape index (κ1) is 23.9. The highest BCUT2D eigenvalue weighted by molar-refractivity contribution is 6.18. The standard InChI is InChI=1S/C30H31N3O3/c1-21-11-12-24(17-22(21)2)28-29(34)25(20-33(30(28)35)19-23-7-4-3-5-8-23)18-26-9-6-10-27(31-26)32-13-15-36-16-14-32/h3-12,17-18,28H,13-16,19-20H2,1-2H3. The van der Waals surface area contributed by atoms with Crippen molar-refractivity contribution in [3.63, 3.8) is 0 Å². The molecule has 36 heavy (non-hydrogen) atoms. The largest absolute Gasteiger partial charge is 0.378 e. The van der Waals surface area contributed by atoms with Crippen LogP contribution in [0.15, 0.2) is 72.3 Å². The number of benzene rings is 2. The van der Waals surface area contributed by atoms with E-state index in [0.29, 0.717) is 25.3 Å². The van der Waals surface area contributed by atoms with Crippen LogP contribution in [0.4, 0.5) is 5.82 Å². The maximum Gasteiger partial charge on any atom is 0.238 e. The lowest BCUT2D eigenvalue weighted by molar-refractivity contribution is -0.139. The average molecular weight is 482 g/mol. The number of pyridine rings is 1. The van der Waals surface area contributed by atoms with Crippen LogP contribution in [0.25, 0.3) is 6.08 Å². The number of carbonyl (C=O) groups excluding carboxylic acids is 2. The fourth-order valence-corrected chi connectivity index (χ4v) is 4.80. The number of amides is 1. The third kappa shape index (κ3) is 5.09. The van der Waals surface area contributed by atoms with Crippen LogP contribution in [-0.4, -0.2) is 54.4 Å². The number of piperidine rings is 1. The van der Waals surface area contributed by atoms with E-state index in [-0.39, 0.29) is 18.2 Å². The Labute approximate surface area is 212 Å². The van der Waals surface area contributed by atoms with Gasteiger partial charge in [0, 0.05) is 31.8 Å². The topological polar surface area (TPSA) is 62.7 Å². The summed E-state index contributed by atoms with van der Waals surface area (Å²) < 4.78 is 5.46. The second-order valence-corrected chi connectivity index (χ2v) is 9.51. The highest BCUT2D eigenvalue weighted by atomic mass is 16.5. The number of hydrogen-bond acceptors (Lipinski definition) is 5. The van der Waals surface area contributed by atoms with Gasteiger partial charge in [0.2, 0.25) is 5.91 Å². The summed E-state index contributed by atoms with van der Waals surface area (Å²) in [6.45, 7) is 7.70. The van der Waals surface area contributed by atoms with Gasteiger partial charge in [-0.25, -0.2) is 4.98 Å². The Morgan fingerprint density at radius 2 is 1.72 bits per heavy atom. The number of rotatable bonds is 5. The lowest BCUT2D eigenvalue weighted by atomic mass is 9.84. The molecule has 1 amide bonds. The summed E-state index contributed by atoms with van der Waals surface area (Å²) in [6.07, 6.45) is 1.85. The average Bonchev–Trinajstić information content (AvgIpc) is 2.90.